The lowest BCUT2D eigenvalue weighted by atomic mass is 9.91. The molecule has 2 rings (SSSR count). The summed E-state index contributed by atoms with van der Waals surface area (Å²) in [4.78, 5) is 0. The normalized spacial score (nSPS) is 26.6. The molecule has 3 N–H and O–H groups in total. The van der Waals surface area contributed by atoms with Crippen LogP contribution in [0.2, 0.25) is 0 Å². The molecule has 1 heterocycles. The van der Waals surface area contributed by atoms with Gasteiger partial charge in [0, 0.05) is 31.8 Å². The van der Waals surface area contributed by atoms with Crippen LogP contribution in [0.3, 0.4) is 0 Å². The summed E-state index contributed by atoms with van der Waals surface area (Å²) in [6.45, 7) is 6.07. The Morgan fingerprint density at radius 3 is 2.38 bits per heavy atom. The second kappa shape index (κ2) is 5.03. The van der Waals surface area contributed by atoms with E-state index >= 15 is 0 Å². The van der Waals surface area contributed by atoms with E-state index in [4.69, 9.17) is 10.5 Å². The number of nitrogens with two attached hydrogens (primary N) is 1. The lowest BCUT2D eigenvalue weighted by Crippen LogP contribution is -2.53. The topological polar surface area (TPSA) is 47.3 Å². The summed E-state index contributed by atoms with van der Waals surface area (Å²) in [5, 5.41) is 3.60. The molecular weight excluding hydrogens is 200 g/mol. The van der Waals surface area contributed by atoms with Crippen molar-refractivity contribution in [3.63, 3.8) is 0 Å². The molecule has 94 valence electrons. The molecule has 1 saturated carbocycles. The second-order valence-electron chi connectivity index (χ2n) is 5.83. The van der Waals surface area contributed by atoms with Gasteiger partial charge in [-0.15, -0.1) is 0 Å². The first kappa shape index (κ1) is 12.3. The fourth-order valence-electron chi connectivity index (χ4n) is 2.75. The summed E-state index contributed by atoms with van der Waals surface area (Å²) in [6.07, 6.45) is 7.51. The molecule has 3 nitrogen and oxygen atoms in total. The Balaban J connectivity index is 1.67. The molecule has 0 aromatic rings. The van der Waals surface area contributed by atoms with Crippen LogP contribution in [0.25, 0.3) is 0 Å². The smallest absolute Gasteiger partial charge is 0.0484 e. The number of hydrogen-bond acceptors (Lipinski definition) is 3. The third kappa shape index (κ3) is 3.19. The zero-order chi connectivity index (χ0) is 11.5. The van der Waals surface area contributed by atoms with E-state index in [0.29, 0.717) is 5.41 Å². The van der Waals surface area contributed by atoms with Crippen molar-refractivity contribution >= 4 is 0 Å². The molecule has 0 atom stereocenters. The second-order valence-corrected chi connectivity index (χ2v) is 5.83. The van der Waals surface area contributed by atoms with Crippen LogP contribution >= 0.6 is 0 Å². The largest absolute Gasteiger partial charge is 0.381 e. The number of rotatable bonds is 6. The van der Waals surface area contributed by atoms with Crippen LogP contribution in [-0.4, -0.2) is 31.8 Å². The Bertz CT molecular complexity index is 220. The van der Waals surface area contributed by atoms with Crippen molar-refractivity contribution in [2.24, 2.45) is 11.1 Å². The first-order valence-corrected chi connectivity index (χ1v) is 6.76. The van der Waals surface area contributed by atoms with E-state index in [0.717, 1.165) is 32.6 Å². The molecule has 3 heteroatoms. The zero-order valence-corrected chi connectivity index (χ0v) is 10.6. The van der Waals surface area contributed by atoms with Crippen molar-refractivity contribution < 1.29 is 4.74 Å². The molecule has 0 aromatic heterocycles. The molecule has 0 aromatic carbocycles. The molecule has 0 unspecified atom stereocenters. The Labute approximate surface area is 99.1 Å². The van der Waals surface area contributed by atoms with Crippen molar-refractivity contribution in [1.29, 1.82) is 0 Å². The van der Waals surface area contributed by atoms with Gasteiger partial charge in [-0.1, -0.05) is 13.3 Å². The van der Waals surface area contributed by atoms with E-state index < -0.39 is 0 Å². The van der Waals surface area contributed by atoms with Gasteiger partial charge in [-0.25, -0.2) is 0 Å². The SMILES string of the molecule is CCCC1(CNCC2(N)CCOCC2)CC1. The van der Waals surface area contributed by atoms with E-state index in [2.05, 4.69) is 12.2 Å². The first-order valence-electron chi connectivity index (χ1n) is 6.76. The Morgan fingerprint density at radius 2 is 1.81 bits per heavy atom. The zero-order valence-electron chi connectivity index (χ0n) is 10.6. The Morgan fingerprint density at radius 1 is 1.12 bits per heavy atom. The summed E-state index contributed by atoms with van der Waals surface area (Å²) >= 11 is 0. The Kier molecular flexibility index (Phi) is 3.88. The molecule has 2 fully saturated rings. The summed E-state index contributed by atoms with van der Waals surface area (Å²) in [7, 11) is 0. The van der Waals surface area contributed by atoms with E-state index in [1.54, 1.807) is 0 Å². The molecule has 1 saturated heterocycles. The molecule has 0 amide bonds. The van der Waals surface area contributed by atoms with E-state index in [1.165, 1.54) is 32.2 Å². The van der Waals surface area contributed by atoms with Crippen molar-refractivity contribution in [2.75, 3.05) is 26.3 Å². The summed E-state index contributed by atoms with van der Waals surface area (Å²) in [6, 6.07) is 0. The standard InChI is InChI=1S/C13H26N2O/c1-2-3-12(4-5-12)10-15-11-13(14)6-8-16-9-7-13/h15H,2-11,14H2,1H3. The van der Waals surface area contributed by atoms with Crippen LogP contribution in [-0.2, 0) is 4.74 Å². The first-order chi connectivity index (χ1) is 7.68. The highest BCUT2D eigenvalue weighted by Gasteiger charge is 2.41. The van der Waals surface area contributed by atoms with Gasteiger partial charge < -0.3 is 15.8 Å². The molecular formula is C13H26N2O. The summed E-state index contributed by atoms with van der Waals surface area (Å²) in [5.74, 6) is 0. The molecule has 0 bridgehead atoms. The minimum absolute atomic E-state index is 0.0133. The third-order valence-electron chi connectivity index (χ3n) is 4.20. The quantitative estimate of drug-likeness (QED) is 0.724. The van der Waals surface area contributed by atoms with Gasteiger partial charge in [0.1, 0.15) is 0 Å². The van der Waals surface area contributed by atoms with Gasteiger partial charge in [-0.05, 0) is 37.5 Å². The van der Waals surface area contributed by atoms with Crippen molar-refractivity contribution in [2.45, 2.75) is 51.0 Å². The van der Waals surface area contributed by atoms with E-state index in [1.807, 2.05) is 0 Å². The van der Waals surface area contributed by atoms with Crippen molar-refractivity contribution in [3.05, 3.63) is 0 Å². The van der Waals surface area contributed by atoms with Crippen molar-refractivity contribution in [1.82, 2.24) is 5.32 Å². The van der Waals surface area contributed by atoms with Gasteiger partial charge in [0.05, 0.1) is 0 Å². The monoisotopic (exact) mass is 226 g/mol. The van der Waals surface area contributed by atoms with Gasteiger partial charge in [0.15, 0.2) is 0 Å². The van der Waals surface area contributed by atoms with Crippen molar-refractivity contribution in [3.8, 4) is 0 Å². The summed E-state index contributed by atoms with van der Waals surface area (Å²) < 4.78 is 5.36. The summed E-state index contributed by atoms with van der Waals surface area (Å²) in [5.41, 5.74) is 6.96. The average Bonchev–Trinajstić information content (AvgIpc) is 2.99. The fraction of sp³-hybridized carbons (Fsp3) is 1.00. The minimum Gasteiger partial charge on any atom is -0.381 e. The minimum atomic E-state index is -0.0133. The lowest BCUT2D eigenvalue weighted by Gasteiger charge is -2.34. The van der Waals surface area contributed by atoms with E-state index in [-0.39, 0.29) is 5.54 Å². The number of hydrogen-bond donors (Lipinski definition) is 2. The predicted octanol–water partition coefficient (Wildman–Crippen LogP) is 1.66. The molecule has 1 aliphatic heterocycles. The fourth-order valence-corrected chi connectivity index (χ4v) is 2.75. The number of ether oxygens (including phenoxy) is 1. The Hall–Kier alpha value is -0.120. The highest BCUT2D eigenvalue weighted by Crippen LogP contribution is 2.48. The highest BCUT2D eigenvalue weighted by molar-refractivity contribution is 4.96. The highest BCUT2D eigenvalue weighted by atomic mass is 16.5. The maximum Gasteiger partial charge on any atom is 0.0484 e. The molecule has 0 spiro atoms. The maximum absolute atomic E-state index is 6.34. The maximum atomic E-state index is 6.34. The average molecular weight is 226 g/mol. The van der Waals surface area contributed by atoms with E-state index in [9.17, 15) is 0 Å². The molecule has 1 aliphatic carbocycles. The van der Waals surface area contributed by atoms with Gasteiger partial charge >= 0.3 is 0 Å². The van der Waals surface area contributed by atoms with Crippen LogP contribution in [0.15, 0.2) is 0 Å². The number of nitrogens with one attached hydrogen (secondary N) is 1. The van der Waals surface area contributed by atoms with Crippen LogP contribution in [0, 0.1) is 5.41 Å². The van der Waals surface area contributed by atoms with Gasteiger partial charge in [0.25, 0.3) is 0 Å². The lowest BCUT2D eigenvalue weighted by molar-refractivity contribution is 0.0527. The van der Waals surface area contributed by atoms with Crippen LogP contribution in [0.1, 0.15) is 45.4 Å². The van der Waals surface area contributed by atoms with Gasteiger partial charge in [0.2, 0.25) is 0 Å². The van der Waals surface area contributed by atoms with Gasteiger partial charge in [-0.3, -0.25) is 0 Å². The van der Waals surface area contributed by atoms with Crippen LogP contribution in [0.5, 0.6) is 0 Å². The van der Waals surface area contributed by atoms with Crippen LogP contribution in [0.4, 0.5) is 0 Å². The molecule has 16 heavy (non-hydrogen) atoms. The predicted molar refractivity (Wildman–Crippen MR) is 66.4 cm³/mol. The van der Waals surface area contributed by atoms with Gasteiger partial charge in [-0.2, -0.15) is 0 Å². The molecule has 0 radical (unpaired) electrons. The third-order valence-corrected chi connectivity index (χ3v) is 4.20. The van der Waals surface area contributed by atoms with Crippen LogP contribution < -0.4 is 11.1 Å². The molecule has 2 aliphatic rings.